The van der Waals surface area contributed by atoms with Crippen LogP contribution in [0.5, 0.6) is 0 Å². The number of aromatic nitrogens is 3. The summed E-state index contributed by atoms with van der Waals surface area (Å²) >= 11 is 0. The van der Waals surface area contributed by atoms with Crippen LogP contribution in [0, 0.1) is 17.6 Å². The predicted octanol–water partition coefficient (Wildman–Crippen LogP) is 2.43. The smallest absolute Gasteiger partial charge is 0.226 e. The summed E-state index contributed by atoms with van der Waals surface area (Å²) in [5.74, 6) is -1.38. The molecule has 1 aliphatic carbocycles. The quantitative estimate of drug-likeness (QED) is 0.879. The number of rotatable bonds is 1. The minimum absolute atomic E-state index is 0.0285. The first-order chi connectivity index (χ1) is 10.6. The van der Waals surface area contributed by atoms with Crippen LogP contribution in [0.1, 0.15) is 24.4 Å². The number of fused-ring (bicyclic) bond motifs is 2. The number of hydrogen-bond donors (Lipinski definition) is 1. The molecule has 1 aromatic carbocycles. The minimum Gasteiger partial charge on any atom is -0.328 e. The lowest BCUT2D eigenvalue weighted by Crippen LogP contribution is -2.38. The Hall–Kier alpha value is -2.57. The van der Waals surface area contributed by atoms with E-state index in [4.69, 9.17) is 0 Å². The van der Waals surface area contributed by atoms with Gasteiger partial charge in [-0.15, -0.1) is 0 Å². The molecule has 1 N–H and O–H groups in total. The predicted molar refractivity (Wildman–Crippen MR) is 74.0 cm³/mol. The first-order valence-electron chi connectivity index (χ1n) is 6.99. The fraction of sp³-hybridized carbons (Fsp3) is 0.267. The maximum absolute atomic E-state index is 13.6. The highest BCUT2D eigenvalue weighted by atomic mass is 19.1. The monoisotopic (exact) mass is 302 g/mol. The van der Waals surface area contributed by atoms with Gasteiger partial charge in [0.05, 0.1) is 12.0 Å². The minimum atomic E-state index is -0.677. The van der Waals surface area contributed by atoms with Gasteiger partial charge in [0.15, 0.2) is 0 Å². The molecule has 2 aromatic rings. The van der Waals surface area contributed by atoms with E-state index in [-0.39, 0.29) is 5.78 Å². The van der Waals surface area contributed by atoms with Gasteiger partial charge in [0.1, 0.15) is 23.7 Å². The number of halogens is 2. The average molecular weight is 302 g/mol. The second kappa shape index (κ2) is 4.72. The molecule has 0 spiro atoms. The molecule has 22 heavy (non-hydrogen) atoms. The number of allylic oxidation sites excluding steroid dienone is 2. The summed E-state index contributed by atoms with van der Waals surface area (Å²) in [5.41, 5.74) is 1.10. The normalized spacial score (nSPS) is 23.4. The van der Waals surface area contributed by atoms with Crippen LogP contribution in [0.25, 0.3) is 0 Å². The summed E-state index contributed by atoms with van der Waals surface area (Å²) in [5, 5.41) is 7.20. The van der Waals surface area contributed by atoms with Crippen molar-refractivity contribution >= 4 is 11.7 Å². The zero-order chi connectivity index (χ0) is 15.3. The first kappa shape index (κ1) is 13.1. The molecule has 0 saturated carbocycles. The summed E-state index contributed by atoms with van der Waals surface area (Å²) in [7, 11) is 0. The molecule has 2 atom stereocenters. The topological polar surface area (TPSA) is 59.8 Å². The van der Waals surface area contributed by atoms with Crippen LogP contribution in [0.4, 0.5) is 14.7 Å². The highest BCUT2D eigenvalue weighted by Crippen LogP contribution is 2.41. The maximum Gasteiger partial charge on any atom is 0.226 e. The van der Waals surface area contributed by atoms with Crippen molar-refractivity contribution in [1.29, 1.82) is 0 Å². The number of Topliss-reactive ketones (excluding diaryl/α,β-unsaturated/α-hetero) is 1. The molecule has 1 aromatic heterocycles. The molecule has 2 aliphatic rings. The van der Waals surface area contributed by atoms with E-state index in [1.54, 1.807) is 0 Å². The van der Waals surface area contributed by atoms with Gasteiger partial charge in [-0.3, -0.25) is 4.79 Å². The Labute approximate surface area is 124 Å². The zero-order valence-electron chi connectivity index (χ0n) is 11.5. The largest absolute Gasteiger partial charge is 0.328 e. The van der Waals surface area contributed by atoms with Crippen molar-refractivity contribution in [3.63, 3.8) is 0 Å². The van der Waals surface area contributed by atoms with Crippen LogP contribution in [0.15, 0.2) is 36.3 Å². The molecular weight excluding hydrogens is 290 g/mol. The van der Waals surface area contributed by atoms with Crippen molar-refractivity contribution in [2.75, 3.05) is 5.32 Å². The second-order valence-corrected chi connectivity index (χ2v) is 5.44. The van der Waals surface area contributed by atoms with Gasteiger partial charge in [-0.1, -0.05) is 6.08 Å². The fourth-order valence-electron chi connectivity index (χ4n) is 3.19. The lowest BCUT2D eigenvalue weighted by Gasteiger charge is -2.36. The van der Waals surface area contributed by atoms with E-state index in [1.165, 1.54) is 23.1 Å². The average Bonchev–Trinajstić information content (AvgIpc) is 2.92. The van der Waals surface area contributed by atoms with Crippen molar-refractivity contribution in [3.05, 3.63) is 53.5 Å². The molecular formula is C15H12F2N4O. The molecule has 0 amide bonds. The van der Waals surface area contributed by atoms with Crippen molar-refractivity contribution < 1.29 is 13.6 Å². The molecule has 0 saturated heterocycles. The van der Waals surface area contributed by atoms with Gasteiger partial charge in [-0.25, -0.2) is 13.5 Å². The number of nitrogens with zero attached hydrogens (tertiary/aromatic N) is 3. The Balaban J connectivity index is 1.92. The van der Waals surface area contributed by atoms with Gasteiger partial charge >= 0.3 is 0 Å². The molecule has 0 unspecified atom stereocenters. The molecule has 7 heteroatoms. The van der Waals surface area contributed by atoms with Crippen molar-refractivity contribution in [3.8, 4) is 0 Å². The summed E-state index contributed by atoms with van der Waals surface area (Å²) in [6.45, 7) is 0. The highest BCUT2D eigenvalue weighted by Gasteiger charge is 2.41. The molecule has 4 rings (SSSR count). The number of benzene rings is 1. The highest BCUT2D eigenvalue weighted by molar-refractivity contribution is 5.87. The number of anilines is 1. The van der Waals surface area contributed by atoms with Crippen LogP contribution < -0.4 is 5.32 Å². The van der Waals surface area contributed by atoms with Crippen LogP contribution >= 0.6 is 0 Å². The van der Waals surface area contributed by atoms with Gasteiger partial charge in [0.2, 0.25) is 5.95 Å². The van der Waals surface area contributed by atoms with Crippen molar-refractivity contribution in [1.82, 2.24) is 14.8 Å². The SMILES string of the molecule is O=C1CCC=C2Nc3ncnn3[C@@H](c3cc(F)cc(F)c3)[C@H]12. The Morgan fingerprint density at radius 3 is 2.77 bits per heavy atom. The number of hydrogen-bond acceptors (Lipinski definition) is 4. The summed E-state index contributed by atoms with van der Waals surface area (Å²) in [4.78, 5) is 16.5. The number of ketones is 1. The zero-order valence-corrected chi connectivity index (χ0v) is 11.5. The van der Waals surface area contributed by atoms with E-state index in [0.29, 0.717) is 24.4 Å². The van der Waals surface area contributed by atoms with Crippen LogP contribution in [0.2, 0.25) is 0 Å². The summed E-state index contributed by atoms with van der Waals surface area (Å²) in [6, 6.07) is 2.70. The van der Waals surface area contributed by atoms with Crippen molar-refractivity contribution in [2.24, 2.45) is 5.92 Å². The van der Waals surface area contributed by atoms with E-state index in [0.717, 1.165) is 11.8 Å². The van der Waals surface area contributed by atoms with E-state index in [2.05, 4.69) is 15.4 Å². The first-order valence-corrected chi connectivity index (χ1v) is 6.99. The molecule has 0 radical (unpaired) electrons. The molecule has 112 valence electrons. The standard InChI is InChI=1S/C15H12F2N4O/c16-9-4-8(5-10(17)6-9)14-13-11(2-1-3-12(13)22)20-15-18-7-19-21(14)15/h2,4-7,13-14H,1,3H2,(H,18,19,20)/t13-,14-/m0/s1. The van der Waals surface area contributed by atoms with Gasteiger partial charge in [-0.2, -0.15) is 10.1 Å². The third-order valence-corrected chi connectivity index (χ3v) is 4.07. The number of nitrogens with one attached hydrogen (secondary N) is 1. The van der Waals surface area contributed by atoms with Crippen molar-refractivity contribution in [2.45, 2.75) is 18.9 Å². The number of carbonyl (C=O) groups is 1. The van der Waals surface area contributed by atoms with E-state index < -0.39 is 23.6 Å². The Morgan fingerprint density at radius 2 is 2.00 bits per heavy atom. The molecule has 1 aliphatic heterocycles. The second-order valence-electron chi connectivity index (χ2n) is 5.44. The van der Waals surface area contributed by atoms with Gasteiger partial charge in [0, 0.05) is 18.2 Å². The van der Waals surface area contributed by atoms with E-state index >= 15 is 0 Å². The van der Waals surface area contributed by atoms with Gasteiger partial charge in [-0.05, 0) is 24.1 Å². The molecule has 0 fully saturated rings. The summed E-state index contributed by atoms with van der Waals surface area (Å²) in [6.07, 6.45) is 4.35. The Kier molecular flexibility index (Phi) is 2.82. The van der Waals surface area contributed by atoms with E-state index in [9.17, 15) is 13.6 Å². The summed E-state index contributed by atoms with van der Waals surface area (Å²) < 4.78 is 28.7. The van der Waals surface area contributed by atoms with Gasteiger partial charge in [0.25, 0.3) is 0 Å². The maximum atomic E-state index is 13.6. The van der Waals surface area contributed by atoms with E-state index in [1.807, 2.05) is 6.08 Å². The Bertz CT molecular complexity index is 778. The molecule has 2 heterocycles. The third kappa shape index (κ3) is 1.93. The number of carbonyl (C=O) groups excluding carboxylic acids is 1. The van der Waals surface area contributed by atoms with Crippen LogP contribution in [-0.4, -0.2) is 20.5 Å². The lowest BCUT2D eigenvalue weighted by atomic mass is 9.81. The fourth-order valence-corrected chi connectivity index (χ4v) is 3.19. The third-order valence-electron chi connectivity index (χ3n) is 4.07. The molecule has 0 bridgehead atoms. The molecule has 5 nitrogen and oxygen atoms in total. The van der Waals surface area contributed by atoms with Gasteiger partial charge < -0.3 is 5.32 Å². The lowest BCUT2D eigenvalue weighted by molar-refractivity contribution is -0.123. The van der Waals surface area contributed by atoms with Crippen LogP contribution in [-0.2, 0) is 4.79 Å². The van der Waals surface area contributed by atoms with Crippen LogP contribution in [0.3, 0.4) is 0 Å². The Morgan fingerprint density at radius 1 is 1.23 bits per heavy atom.